The molecular formula is C67H41NO2. The van der Waals surface area contributed by atoms with Gasteiger partial charge in [-0.1, -0.05) is 200 Å². The molecular weight excluding hydrogens is 851 g/mol. The SMILES string of the molecule is c1ccc(-c2ccc(N(c3ccc(-c4ccccc4)cc3)c3cccc4c3oc3c(-c5ccc6c(c5)C5(c7ccccc7-c7ccccc75)c5ccccc5-6)c5c(cc34)oc3ccccc35)cc2)cc1. The number of fused-ring (bicyclic) bond motifs is 16. The van der Waals surface area contributed by atoms with Gasteiger partial charge in [-0.15, -0.1) is 0 Å². The van der Waals surface area contributed by atoms with Crippen LogP contribution in [0.4, 0.5) is 17.1 Å². The molecule has 0 amide bonds. The Kier molecular flexibility index (Phi) is 8.28. The molecule has 0 saturated heterocycles. The summed E-state index contributed by atoms with van der Waals surface area (Å²) in [4.78, 5) is 2.33. The summed E-state index contributed by atoms with van der Waals surface area (Å²) in [6, 6.07) is 90.1. The fraction of sp³-hybridized carbons (Fsp3) is 0.0149. The number of hydrogen-bond acceptors (Lipinski definition) is 3. The minimum atomic E-state index is -0.492. The minimum absolute atomic E-state index is 0.492. The monoisotopic (exact) mass is 891 g/mol. The van der Waals surface area contributed by atoms with Gasteiger partial charge in [0.1, 0.15) is 16.7 Å². The average molecular weight is 892 g/mol. The standard InChI is InChI=1S/C67H41NO2/c1-3-16-42(17-4-1)44-30-35-47(36-31-44)68(48-37-32-45(33-38-48)43-18-5-2-6-19-43)60-28-15-24-53-55-41-62-64(54-23-10-14-29-61(54)69-62)63(66(55)70-65(53)60)46-34-39-52-51-22-9-13-27-58(51)67(59(52)40-46)56-25-11-7-20-49(56)50-21-8-12-26-57(50)67/h1-41H. The molecule has 0 bridgehead atoms. The summed E-state index contributed by atoms with van der Waals surface area (Å²) in [7, 11) is 0. The maximum Gasteiger partial charge on any atom is 0.159 e. The van der Waals surface area contributed by atoms with E-state index < -0.39 is 5.41 Å². The molecule has 2 heterocycles. The molecule has 1 spiro atoms. The lowest BCUT2D eigenvalue weighted by Crippen LogP contribution is -2.25. The first-order valence-electron chi connectivity index (χ1n) is 24.1. The molecule has 70 heavy (non-hydrogen) atoms. The third-order valence-electron chi connectivity index (χ3n) is 15.1. The van der Waals surface area contributed by atoms with Gasteiger partial charge in [0, 0.05) is 38.5 Å². The molecule has 2 aromatic heterocycles. The van der Waals surface area contributed by atoms with Gasteiger partial charge < -0.3 is 13.7 Å². The van der Waals surface area contributed by atoms with Crippen LogP contribution < -0.4 is 4.90 Å². The molecule has 0 atom stereocenters. The summed E-state index contributed by atoms with van der Waals surface area (Å²) < 4.78 is 14.4. The lowest BCUT2D eigenvalue weighted by Gasteiger charge is -2.30. The predicted octanol–water partition coefficient (Wildman–Crippen LogP) is 18.3. The number of furan rings is 2. The second-order valence-corrected chi connectivity index (χ2v) is 18.7. The van der Waals surface area contributed by atoms with Crippen LogP contribution in [0.15, 0.2) is 258 Å². The molecule has 0 radical (unpaired) electrons. The maximum atomic E-state index is 7.53. The summed E-state index contributed by atoms with van der Waals surface area (Å²) >= 11 is 0. The zero-order valence-corrected chi connectivity index (χ0v) is 37.9. The summed E-state index contributed by atoms with van der Waals surface area (Å²) in [5.41, 5.74) is 23.0. The Bertz CT molecular complexity index is 4070. The molecule has 2 aliphatic carbocycles. The minimum Gasteiger partial charge on any atom is -0.456 e. The third kappa shape index (κ3) is 5.46. The third-order valence-corrected chi connectivity index (χ3v) is 15.1. The van der Waals surface area contributed by atoms with E-state index in [1.807, 2.05) is 0 Å². The van der Waals surface area contributed by atoms with Gasteiger partial charge in [0.2, 0.25) is 0 Å². The van der Waals surface area contributed by atoms with Crippen molar-refractivity contribution in [1.82, 2.24) is 0 Å². The fourth-order valence-corrected chi connectivity index (χ4v) is 12.1. The Balaban J connectivity index is 0.987. The quantitative estimate of drug-likeness (QED) is 0.167. The highest BCUT2D eigenvalue weighted by molar-refractivity contribution is 6.24. The summed E-state index contributed by atoms with van der Waals surface area (Å²) in [6.07, 6.45) is 0. The molecule has 3 heteroatoms. The number of hydrogen-bond donors (Lipinski definition) is 0. The predicted molar refractivity (Wildman–Crippen MR) is 288 cm³/mol. The highest BCUT2D eigenvalue weighted by atomic mass is 16.3. The first kappa shape index (κ1) is 38.9. The van der Waals surface area contributed by atoms with E-state index in [0.717, 1.165) is 83.2 Å². The zero-order chi connectivity index (χ0) is 45.9. The van der Waals surface area contributed by atoms with Crippen LogP contribution in [0, 0.1) is 0 Å². The molecule has 0 N–H and O–H groups in total. The van der Waals surface area contributed by atoms with Crippen molar-refractivity contribution in [2.75, 3.05) is 4.90 Å². The average Bonchev–Trinajstić information content (AvgIpc) is 4.17. The second-order valence-electron chi connectivity index (χ2n) is 18.7. The van der Waals surface area contributed by atoms with E-state index in [1.165, 1.54) is 55.6 Å². The van der Waals surface area contributed by atoms with Crippen LogP contribution in [-0.2, 0) is 5.41 Å². The van der Waals surface area contributed by atoms with Crippen molar-refractivity contribution >= 4 is 60.9 Å². The van der Waals surface area contributed by atoms with E-state index in [1.54, 1.807) is 0 Å². The summed E-state index contributed by atoms with van der Waals surface area (Å²) in [5.74, 6) is 0. The van der Waals surface area contributed by atoms with Crippen LogP contribution in [0.2, 0.25) is 0 Å². The fourth-order valence-electron chi connectivity index (χ4n) is 12.1. The first-order valence-corrected chi connectivity index (χ1v) is 24.1. The van der Waals surface area contributed by atoms with Crippen LogP contribution in [0.3, 0.4) is 0 Å². The lowest BCUT2D eigenvalue weighted by atomic mass is 9.70. The zero-order valence-electron chi connectivity index (χ0n) is 37.9. The molecule has 0 fully saturated rings. The molecule has 3 nitrogen and oxygen atoms in total. The van der Waals surface area contributed by atoms with Crippen LogP contribution >= 0.6 is 0 Å². The van der Waals surface area contributed by atoms with E-state index in [2.05, 4.69) is 254 Å². The smallest absolute Gasteiger partial charge is 0.159 e. The van der Waals surface area contributed by atoms with E-state index in [-0.39, 0.29) is 0 Å². The van der Waals surface area contributed by atoms with Gasteiger partial charge in [0.05, 0.1) is 11.1 Å². The van der Waals surface area contributed by atoms with Crippen LogP contribution in [0.1, 0.15) is 22.3 Å². The van der Waals surface area contributed by atoms with E-state index in [9.17, 15) is 0 Å². The topological polar surface area (TPSA) is 29.5 Å². The molecule has 0 unspecified atom stereocenters. The van der Waals surface area contributed by atoms with Crippen molar-refractivity contribution in [1.29, 1.82) is 0 Å². The molecule has 326 valence electrons. The van der Waals surface area contributed by atoms with Gasteiger partial charge in [0.15, 0.2) is 5.58 Å². The van der Waals surface area contributed by atoms with E-state index in [0.29, 0.717) is 0 Å². The number of nitrogens with zero attached hydrogens (tertiary/aromatic N) is 1. The number of anilines is 3. The second kappa shape index (κ2) is 14.9. The van der Waals surface area contributed by atoms with Gasteiger partial charge in [0.25, 0.3) is 0 Å². The Labute approximate surface area is 404 Å². The highest BCUT2D eigenvalue weighted by Gasteiger charge is 2.51. The maximum absolute atomic E-state index is 7.53. The Morgan fingerprint density at radius 2 is 0.786 bits per heavy atom. The van der Waals surface area contributed by atoms with Crippen LogP contribution in [0.25, 0.3) is 99.5 Å². The number of benzene rings is 11. The Morgan fingerprint density at radius 3 is 1.39 bits per heavy atom. The van der Waals surface area contributed by atoms with Crippen molar-refractivity contribution in [2.24, 2.45) is 0 Å². The molecule has 15 rings (SSSR count). The van der Waals surface area contributed by atoms with Crippen molar-refractivity contribution in [3.8, 4) is 55.6 Å². The lowest BCUT2D eigenvalue weighted by molar-refractivity contribution is 0.664. The molecule has 0 aliphatic heterocycles. The Morgan fingerprint density at radius 1 is 0.300 bits per heavy atom. The van der Waals surface area contributed by atoms with Gasteiger partial charge in [-0.25, -0.2) is 0 Å². The molecule has 0 saturated carbocycles. The largest absolute Gasteiger partial charge is 0.456 e. The van der Waals surface area contributed by atoms with Crippen molar-refractivity contribution < 1.29 is 8.83 Å². The number of rotatable bonds is 6. The summed E-state index contributed by atoms with van der Waals surface area (Å²) in [6.45, 7) is 0. The normalized spacial score (nSPS) is 13.0. The highest BCUT2D eigenvalue weighted by Crippen LogP contribution is 2.63. The van der Waals surface area contributed by atoms with Crippen molar-refractivity contribution in [2.45, 2.75) is 5.41 Å². The van der Waals surface area contributed by atoms with E-state index >= 15 is 0 Å². The molecule has 2 aliphatic rings. The van der Waals surface area contributed by atoms with Crippen molar-refractivity contribution in [3.63, 3.8) is 0 Å². The molecule has 13 aromatic rings. The van der Waals surface area contributed by atoms with Gasteiger partial charge >= 0.3 is 0 Å². The van der Waals surface area contributed by atoms with Gasteiger partial charge in [-0.2, -0.15) is 0 Å². The molecule has 11 aromatic carbocycles. The van der Waals surface area contributed by atoms with Crippen LogP contribution in [-0.4, -0.2) is 0 Å². The van der Waals surface area contributed by atoms with Gasteiger partial charge in [-0.3, -0.25) is 0 Å². The first-order chi connectivity index (χ1) is 34.7. The summed E-state index contributed by atoms with van der Waals surface area (Å²) in [5, 5.41) is 4.13. The van der Waals surface area contributed by atoms with Gasteiger partial charge in [-0.05, 0) is 121 Å². The number of para-hydroxylation sites is 2. The van der Waals surface area contributed by atoms with Crippen molar-refractivity contribution in [3.05, 3.63) is 271 Å². The van der Waals surface area contributed by atoms with E-state index in [4.69, 9.17) is 8.83 Å². The Hall–Kier alpha value is -9.18. The van der Waals surface area contributed by atoms with Crippen LogP contribution in [0.5, 0.6) is 0 Å².